The van der Waals surface area contributed by atoms with Crippen molar-refractivity contribution in [2.45, 2.75) is 0 Å². The maximum Gasteiger partial charge on any atom is 0.266 e. The molecule has 2 aromatic carbocycles. The van der Waals surface area contributed by atoms with Crippen molar-refractivity contribution >= 4 is 85.3 Å². The van der Waals surface area contributed by atoms with E-state index in [1.165, 1.54) is 16.7 Å². The summed E-state index contributed by atoms with van der Waals surface area (Å²) in [5.41, 5.74) is 1.38. The summed E-state index contributed by atoms with van der Waals surface area (Å²) in [6.07, 6.45) is 1.69. The van der Waals surface area contributed by atoms with Gasteiger partial charge in [-0.1, -0.05) is 34.8 Å². The Labute approximate surface area is 200 Å². The highest BCUT2D eigenvalue weighted by atomic mass is 79.9. The van der Waals surface area contributed by atoms with E-state index >= 15 is 0 Å². The predicted molar refractivity (Wildman–Crippen MR) is 129 cm³/mol. The highest BCUT2D eigenvalue weighted by Crippen LogP contribution is 2.36. The third kappa shape index (κ3) is 4.48. The Kier molecular flexibility index (Phi) is 6.32. The summed E-state index contributed by atoms with van der Waals surface area (Å²) in [6.45, 7) is 0. The Hall–Kier alpha value is -1.70. The number of carbonyl (C=O) groups is 1. The molecule has 0 spiro atoms. The van der Waals surface area contributed by atoms with E-state index in [-0.39, 0.29) is 5.91 Å². The number of benzene rings is 2. The molecule has 0 N–H and O–H groups in total. The predicted octanol–water partition coefficient (Wildman–Crippen LogP) is 7.90. The molecule has 0 radical (unpaired) electrons. The van der Waals surface area contributed by atoms with Crippen LogP contribution in [0.2, 0.25) is 15.1 Å². The van der Waals surface area contributed by atoms with Crippen LogP contribution in [-0.2, 0) is 4.79 Å². The minimum atomic E-state index is -0.163. The van der Waals surface area contributed by atoms with Gasteiger partial charge in [0.05, 0.1) is 20.6 Å². The Morgan fingerprint density at radius 3 is 2.60 bits per heavy atom. The molecule has 4 nitrogen and oxygen atoms in total. The van der Waals surface area contributed by atoms with Gasteiger partial charge in [0.1, 0.15) is 11.5 Å². The van der Waals surface area contributed by atoms with E-state index in [0.29, 0.717) is 42.3 Å². The van der Waals surface area contributed by atoms with E-state index in [0.717, 1.165) is 10.0 Å². The van der Waals surface area contributed by atoms with Crippen molar-refractivity contribution in [1.82, 2.24) is 4.90 Å². The zero-order chi connectivity index (χ0) is 21.4. The summed E-state index contributed by atoms with van der Waals surface area (Å²) >= 11 is 22.9. The second-order valence-corrected chi connectivity index (χ2v) is 9.41. The van der Waals surface area contributed by atoms with Crippen LogP contribution in [0.1, 0.15) is 5.76 Å². The number of aliphatic imine (C=N–C) groups is 1. The molecule has 30 heavy (non-hydrogen) atoms. The largest absolute Gasteiger partial charge is 0.457 e. The number of carbonyl (C=O) groups excluding carboxylic acids is 1. The van der Waals surface area contributed by atoms with Crippen LogP contribution in [0.4, 0.5) is 5.69 Å². The molecule has 1 aliphatic heterocycles. The lowest BCUT2D eigenvalue weighted by Gasteiger charge is -2.07. The lowest BCUT2D eigenvalue weighted by molar-refractivity contribution is -0.121. The summed E-state index contributed by atoms with van der Waals surface area (Å²) < 4.78 is 6.65. The van der Waals surface area contributed by atoms with Gasteiger partial charge in [0.15, 0.2) is 5.17 Å². The first-order chi connectivity index (χ1) is 14.3. The quantitative estimate of drug-likeness (QED) is 0.316. The van der Waals surface area contributed by atoms with E-state index in [2.05, 4.69) is 20.9 Å². The zero-order valence-electron chi connectivity index (χ0n) is 15.3. The average molecular weight is 543 g/mol. The van der Waals surface area contributed by atoms with Crippen LogP contribution in [0.5, 0.6) is 0 Å². The minimum absolute atomic E-state index is 0.163. The van der Waals surface area contributed by atoms with Gasteiger partial charge >= 0.3 is 0 Å². The van der Waals surface area contributed by atoms with Crippen molar-refractivity contribution in [3.63, 3.8) is 0 Å². The molecule has 0 bridgehead atoms. The molecule has 0 saturated carbocycles. The van der Waals surface area contributed by atoms with Gasteiger partial charge in [-0.15, -0.1) is 0 Å². The van der Waals surface area contributed by atoms with Crippen molar-refractivity contribution in [2.24, 2.45) is 4.99 Å². The highest BCUT2D eigenvalue weighted by Gasteiger charge is 2.30. The van der Waals surface area contributed by atoms with E-state index in [1.54, 1.807) is 49.5 Å². The van der Waals surface area contributed by atoms with Crippen molar-refractivity contribution in [3.8, 4) is 11.3 Å². The maximum atomic E-state index is 12.6. The van der Waals surface area contributed by atoms with Gasteiger partial charge in [-0.25, -0.2) is 4.99 Å². The van der Waals surface area contributed by atoms with Crippen molar-refractivity contribution < 1.29 is 9.21 Å². The van der Waals surface area contributed by atoms with Gasteiger partial charge in [-0.3, -0.25) is 9.69 Å². The van der Waals surface area contributed by atoms with Gasteiger partial charge in [0.2, 0.25) is 0 Å². The number of furan rings is 1. The van der Waals surface area contributed by atoms with E-state index < -0.39 is 0 Å². The van der Waals surface area contributed by atoms with Crippen LogP contribution in [-0.4, -0.2) is 23.0 Å². The lowest BCUT2D eigenvalue weighted by Crippen LogP contribution is -2.23. The summed E-state index contributed by atoms with van der Waals surface area (Å²) in [5, 5.41) is 2.14. The van der Waals surface area contributed by atoms with E-state index in [9.17, 15) is 4.79 Å². The zero-order valence-corrected chi connectivity index (χ0v) is 20.0. The summed E-state index contributed by atoms with van der Waals surface area (Å²) in [6, 6.07) is 14.1. The van der Waals surface area contributed by atoms with Crippen molar-refractivity contribution in [3.05, 3.63) is 78.7 Å². The summed E-state index contributed by atoms with van der Waals surface area (Å²) in [5.74, 6) is 0.961. The number of hydrogen-bond donors (Lipinski definition) is 0. The monoisotopic (exact) mass is 540 g/mol. The van der Waals surface area contributed by atoms with Gasteiger partial charge in [0.25, 0.3) is 5.91 Å². The highest BCUT2D eigenvalue weighted by molar-refractivity contribution is 9.10. The molecular formula is C21H12BrCl3N2O2S. The maximum absolute atomic E-state index is 12.6. The minimum Gasteiger partial charge on any atom is -0.457 e. The molecule has 0 aliphatic carbocycles. The number of likely N-dealkylation sites (N-methyl/N-ethyl adjacent to an activating group) is 1. The Morgan fingerprint density at radius 2 is 1.87 bits per heavy atom. The molecule has 9 heteroatoms. The second-order valence-electron chi connectivity index (χ2n) is 6.29. The molecule has 1 fully saturated rings. The molecule has 1 amide bonds. The Bertz CT molecular complexity index is 1220. The van der Waals surface area contributed by atoms with Crippen LogP contribution in [0, 0.1) is 0 Å². The molecule has 3 aromatic rings. The first-order valence-electron chi connectivity index (χ1n) is 8.58. The fraction of sp³-hybridized carbons (Fsp3) is 0.0476. The van der Waals surface area contributed by atoms with Crippen LogP contribution in [0.3, 0.4) is 0 Å². The molecule has 0 atom stereocenters. The number of amidine groups is 1. The average Bonchev–Trinajstić information content (AvgIpc) is 3.26. The first kappa shape index (κ1) is 21.5. The normalized spacial score (nSPS) is 16.8. The van der Waals surface area contributed by atoms with Crippen LogP contribution in [0.25, 0.3) is 17.4 Å². The van der Waals surface area contributed by atoms with Crippen molar-refractivity contribution in [1.29, 1.82) is 0 Å². The fourth-order valence-electron chi connectivity index (χ4n) is 2.71. The number of nitrogens with zero attached hydrogens (tertiary/aromatic N) is 2. The molecule has 1 aliphatic rings. The Morgan fingerprint density at radius 1 is 1.07 bits per heavy atom. The van der Waals surface area contributed by atoms with Gasteiger partial charge in [-0.2, -0.15) is 0 Å². The van der Waals surface area contributed by atoms with Gasteiger partial charge in [-0.05, 0) is 76.2 Å². The molecule has 152 valence electrons. The third-order valence-corrected chi connectivity index (χ3v) is 7.07. The van der Waals surface area contributed by atoms with Crippen LogP contribution in [0.15, 0.2) is 67.3 Å². The number of rotatable bonds is 3. The summed E-state index contributed by atoms with van der Waals surface area (Å²) in [4.78, 5) is 19.2. The van der Waals surface area contributed by atoms with Crippen LogP contribution >= 0.6 is 62.5 Å². The summed E-state index contributed by atoms with van der Waals surface area (Å²) in [7, 11) is 1.68. The number of amides is 1. The Balaban J connectivity index is 1.60. The molecule has 1 aromatic heterocycles. The number of halogens is 4. The van der Waals surface area contributed by atoms with Gasteiger partial charge in [0, 0.05) is 28.2 Å². The van der Waals surface area contributed by atoms with E-state index in [4.69, 9.17) is 39.2 Å². The number of hydrogen-bond acceptors (Lipinski definition) is 4. The molecule has 1 saturated heterocycles. The molecule has 4 rings (SSSR count). The smallest absolute Gasteiger partial charge is 0.266 e. The standard InChI is InChI=1S/C21H12BrCl3N2O2S/c1-27-20(28)19(30-21(27)26-12-3-6-15(22)17(25)9-12)10-13-4-7-18(29-13)14-5-2-11(23)8-16(14)24/h2-10H,1H3/b19-10+,26-21?. The topological polar surface area (TPSA) is 45.8 Å². The fourth-order valence-corrected chi connectivity index (χ4v) is 4.60. The van der Waals surface area contributed by atoms with Crippen molar-refractivity contribution in [2.75, 3.05) is 7.05 Å². The van der Waals surface area contributed by atoms with Gasteiger partial charge < -0.3 is 4.42 Å². The molecular weight excluding hydrogens is 531 g/mol. The van der Waals surface area contributed by atoms with E-state index in [1.807, 2.05) is 12.1 Å². The molecule has 0 unspecified atom stereocenters. The first-order valence-corrected chi connectivity index (χ1v) is 11.3. The van der Waals surface area contributed by atoms with Crippen LogP contribution < -0.4 is 0 Å². The third-order valence-electron chi connectivity index (χ3n) is 4.23. The molecule has 2 heterocycles. The SMILES string of the molecule is CN1C(=O)/C(=C\c2ccc(-c3ccc(Cl)cc3Cl)o2)SC1=Nc1ccc(Br)c(Cl)c1. The number of thioether (sulfide) groups is 1. The second kappa shape index (κ2) is 8.81. The lowest BCUT2D eigenvalue weighted by atomic mass is 10.2.